The zero-order valence-corrected chi connectivity index (χ0v) is 17.6. The number of carboxylic acids is 1. The number of aliphatic carboxylic acids is 1. The maximum Gasteiger partial charge on any atom is 0.328 e. The Morgan fingerprint density at radius 3 is 2.19 bits per heavy atom. The summed E-state index contributed by atoms with van der Waals surface area (Å²) in [6, 6.07) is 13.8. The molecular weight excluding hydrogens is 396 g/mol. The number of benzene rings is 2. The third-order valence-electron chi connectivity index (χ3n) is 4.45. The topological polar surface area (TPSA) is 101 Å². The predicted molar refractivity (Wildman–Crippen MR) is 119 cm³/mol. The monoisotopic (exact) mass is 420 g/mol. The van der Waals surface area contributed by atoms with Crippen molar-refractivity contribution >= 4 is 29.4 Å². The van der Waals surface area contributed by atoms with Crippen molar-refractivity contribution in [2.45, 2.75) is 20.3 Å². The highest BCUT2D eigenvalue weighted by Crippen LogP contribution is 2.29. The highest BCUT2D eigenvalue weighted by Gasteiger charge is 2.31. The number of aliphatic hydroxyl groups is 1. The van der Waals surface area contributed by atoms with Crippen LogP contribution in [0.4, 0.5) is 0 Å². The second-order valence-electron chi connectivity index (χ2n) is 6.93. The van der Waals surface area contributed by atoms with Gasteiger partial charge < -0.3 is 14.9 Å². The summed E-state index contributed by atoms with van der Waals surface area (Å²) in [7, 11) is 1.55. The largest absolute Gasteiger partial charge is 0.507 e. The van der Waals surface area contributed by atoms with Gasteiger partial charge in [-0.1, -0.05) is 54.1 Å². The van der Waals surface area contributed by atoms with Gasteiger partial charge in [0.25, 0.3) is 0 Å². The first-order chi connectivity index (χ1) is 14.8. The van der Waals surface area contributed by atoms with Gasteiger partial charge in [0.1, 0.15) is 11.5 Å². The molecule has 0 fully saturated rings. The number of carbonyl (C=O) groups is 3. The highest BCUT2D eigenvalue weighted by atomic mass is 16.5. The zero-order chi connectivity index (χ0) is 23.0. The van der Waals surface area contributed by atoms with Crippen molar-refractivity contribution < 1.29 is 29.3 Å². The summed E-state index contributed by atoms with van der Waals surface area (Å²) in [6.07, 6.45) is 4.69. The van der Waals surface area contributed by atoms with Gasteiger partial charge in [-0.05, 0) is 32.4 Å². The summed E-state index contributed by atoms with van der Waals surface area (Å²) >= 11 is 0. The van der Waals surface area contributed by atoms with E-state index in [2.05, 4.69) is 0 Å². The van der Waals surface area contributed by atoms with Gasteiger partial charge in [-0.25, -0.2) is 4.79 Å². The van der Waals surface area contributed by atoms with Crippen LogP contribution >= 0.6 is 0 Å². The lowest BCUT2D eigenvalue weighted by Crippen LogP contribution is -2.23. The van der Waals surface area contributed by atoms with Crippen LogP contribution in [0.3, 0.4) is 0 Å². The molecule has 3 rings (SSSR count). The van der Waals surface area contributed by atoms with Crippen LogP contribution < -0.4 is 4.74 Å². The van der Waals surface area contributed by atoms with E-state index in [0.717, 1.165) is 17.2 Å². The van der Waals surface area contributed by atoms with Crippen molar-refractivity contribution in [3.05, 3.63) is 88.5 Å². The number of carbonyl (C=O) groups excluding carboxylic acids is 2. The van der Waals surface area contributed by atoms with E-state index < -0.39 is 17.5 Å². The minimum absolute atomic E-state index is 0.0762. The van der Waals surface area contributed by atoms with Crippen molar-refractivity contribution in [1.82, 2.24) is 0 Å². The van der Waals surface area contributed by atoms with E-state index in [4.69, 9.17) is 9.84 Å². The molecule has 0 heterocycles. The first-order valence-electron chi connectivity index (χ1n) is 9.54. The Hall–Kier alpha value is -3.93. The average Bonchev–Trinajstić information content (AvgIpc) is 2.76. The maximum atomic E-state index is 11.9. The summed E-state index contributed by atoms with van der Waals surface area (Å²) in [6.45, 7) is 3.81. The third kappa shape index (κ3) is 6.02. The molecule has 0 aliphatic heterocycles. The third-order valence-corrected chi connectivity index (χ3v) is 4.45. The lowest BCUT2D eigenvalue weighted by Gasteiger charge is -2.16. The molecule has 6 nitrogen and oxygen atoms in total. The van der Waals surface area contributed by atoms with Gasteiger partial charge in [0, 0.05) is 28.3 Å². The standard InChI is InChI=1S/C15H14O3.C10H10O3/c1-9(2)7-8-12-13(16)10-5-3-4-6-11(10)14(17)15(12)18;1-13-9-5-3-2-4-8(9)6-7-10(11)12/h3-7,16H,8H2,1-2H3;2-7H,1H3,(H,11,12). The van der Waals surface area contributed by atoms with E-state index in [1.165, 1.54) is 6.08 Å². The van der Waals surface area contributed by atoms with Gasteiger partial charge in [0.05, 0.1) is 7.11 Å². The molecule has 1 aliphatic rings. The van der Waals surface area contributed by atoms with Crippen LogP contribution in [0, 0.1) is 0 Å². The molecule has 6 heteroatoms. The van der Waals surface area contributed by atoms with Crippen molar-refractivity contribution in [2.75, 3.05) is 7.11 Å². The number of para-hydroxylation sites is 1. The van der Waals surface area contributed by atoms with E-state index in [9.17, 15) is 19.5 Å². The van der Waals surface area contributed by atoms with Gasteiger partial charge in [0.2, 0.25) is 11.6 Å². The highest BCUT2D eigenvalue weighted by molar-refractivity contribution is 6.52. The lowest BCUT2D eigenvalue weighted by molar-refractivity contribution is -0.131. The first-order valence-corrected chi connectivity index (χ1v) is 9.54. The molecule has 2 N–H and O–H groups in total. The molecule has 0 radical (unpaired) electrons. The first kappa shape index (κ1) is 23.3. The number of hydrogen-bond acceptors (Lipinski definition) is 5. The van der Waals surface area contributed by atoms with Crippen LogP contribution in [-0.2, 0) is 9.59 Å². The molecule has 0 amide bonds. The Morgan fingerprint density at radius 2 is 1.58 bits per heavy atom. The van der Waals surface area contributed by atoms with Crippen LogP contribution in [0.25, 0.3) is 11.8 Å². The molecule has 0 spiro atoms. The van der Waals surface area contributed by atoms with Gasteiger partial charge in [0.15, 0.2) is 0 Å². The molecule has 1 aliphatic carbocycles. The van der Waals surface area contributed by atoms with E-state index in [1.54, 1.807) is 43.5 Å². The fourth-order valence-corrected chi connectivity index (χ4v) is 2.88. The quantitative estimate of drug-likeness (QED) is 0.407. The molecule has 0 unspecified atom stereocenters. The summed E-state index contributed by atoms with van der Waals surface area (Å²) in [5, 5.41) is 18.5. The Bertz CT molecular complexity index is 1080. The van der Waals surface area contributed by atoms with Gasteiger partial charge in [-0.2, -0.15) is 0 Å². The number of aliphatic hydroxyl groups excluding tert-OH is 1. The minimum Gasteiger partial charge on any atom is -0.507 e. The molecule has 2 aromatic rings. The molecule has 0 bridgehead atoms. The summed E-state index contributed by atoms with van der Waals surface area (Å²) < 4.78 is 5.03. The predicted octanol–water partition coefficient (Wildman–Crippen LogP) is 4.87. The summed E-state index contributed by atoms with van der Waals surface area (Å²) in [4.78, 5) is 34.1. The second kappa shape index (κ2) is 10.7. The number of fused-ring (bicyclic) bond motifs is 1. The maximum absolute atomic E-state index is 11.9. The molecular formula is C25H24O6. The van der Waals surface area contributed by atoms with Crippen LogP contribution in [0.2, 0.25) is 0 Å². The van der Waals surface area contributed by atoms with E-state index >= 15 is 0 Å². The second-order valence-corrected chi connectivity index (χ2v) is 6.93. The zero-order valence-electron chi connectivity index (χ0n) is 17.6. The van der Waals surface area contributed by atoms with Gasteiger partial charge >= 0.3 is 5.97 Å². The van der Waals surface area contributed by atoms with Crippen molar-refractivity contribution in [3.63, 3.8) is 0 Å². The molecule has 0 saturated heterocycles. The van der Waals surface area contributed by atoms with Crippen LogP contribution in [0.5, 0.6) is 5.75 Å². The number of hydrogen-bond donors (Lipinski definition) is 2. The number of Topliss-reactive ketones (excluding diaryl/α,β-unsaturated/α-hetero) is 2. The van der Waals surface area contributed by atoms with Crippen molar-refractivity contribution in [1.29, 1.82) is 0 Å². The van der Waals surface area contributed by atoms with Gasteiger partial charge in [-0.3, -0.25) is 9.59 Å². The number of ketones is 2. The number of allylic oxidation sites excluding steroid dienone is 3. The Morgan fingerprint density at radius 1 is 0.968 bits per heavy atom. The number of rotatable bonds is 5. The van der Waals surface area contributed by atoms with Crippen molar-refractivity contribution in [3.8, 4) is 5.75 Å². The van der Waals surface area contributed by atoms with Crippen LogP contribution in [-0.4, -0.2) is 34.9 Å². The van der Waals surface area contributed by atoms with Crippen LogP contribution in [0.15, 0.2) is 71.8 Å². The average molecular weight is 420 g/mol. The van der Waals surface area contributed by atoms with Gasteiger partial charge in [-0.15, -0.1) is 0 Å². The van der Waals surface area contributed by atoms with Crippen molar-refractivity contribution in [2.24, 2.45) is 0 Å². The number of carboxylic acid groups (broad SMARTS) is 1. The number of methoxy groups -OCH3 is 1. The Balaban J connectivity index is 0.000000233. The molecule has 31 heavy (non-hydrogen) atoms. The SMILES string of the molecule is CC(C)=CCC1=C(O)c2ccccc2C(=O)C1=O.COc1ccccc1C=CC(=O)O. The summed E-state index contributed by atoms with van der Waals surface area (Å²) in [5.41, 5.74) is 2.70. The van der Waals surface area contributed by atoms with E-state index in [0.29, 0.717) is 11.3 Å². The normalized spacial score (nSPS) is 12.7. The fraction of sp³-hybridized carbons (Fsp3) is 0.160. The summed E-state index contributed by atoms with van der Waals surface area (Å²) in [5.74, 6) is -1.53. The minimum atomic E-state index is -0.967. The number of ether oxygens (including phenoxy) is 1. The molecule has 160 valence electrons. The van der Waals surface area contributed by atoms with E-state index in [-0.39, 0.29) is 23.3 Å². The van der Waals surface area contributed by atoms with Crippen LogP contribution in [0.1, 0.15) is 41.8 Å². The molecule has 2 aromatic carbocycles. The van der Waals surface area contributed by atoms with E-state index in [1.807, 2.05) is 32.1 Å². The lowest BCUT2D eigenvalue weighted by atomic mass is 9.87. The smallest absolute Gasteiger partial charge is 0.328 e. The fourth-order valence-electron chi connectivity index (χ4n) is 2.88. The molecule has 0 aromatic heterocycles. The molecule has 0 atom stereocenters. The Labute approximate surface area is 180 Å². The Kier molecular flexibility index (Phi) is 8.09. The molecule has 0 saturated carbocycles.